The largest absolute Gasteiger partial charge is 0.496 e. The van der Waals surface area contributed by atoms with Crippen molar-refractivity contribution in [2.24, 2.45) is 13.0 Å². The Morgan fingerprint density at radius 1 is 1.35 bits per heavy atom. The molecule has 6 nitrogen and oxygen atoms in total. The van der Waals surface area contributed by atoms with Gasteiger partial charge in [0, 0.05) is 57.5 Å². The SMILES string of the molecule is COc1ccccc1C=CCNC[C@@H]1CC(=O)N(C)[C@H]1c1nccn1C. The monoisotopic (exact) mass is 354 g/mol. The Labute approximate surface area is 154 Å². The smallest absolute Gasteiger partial charge is 0.223 e. The predicted molar refractivity (Wildman–Crippen MR) is 102 cm³/mol. The van der Waals surface area contributed by atoms with Crippen LogP contribution in [-0.2, 0) is 11.8 Å². The topological polar surface area (TPSA) is 59.4 Å². The lowest BCUT2D eigenvalue weighted by Gasteiger charge is -2.24. The molecule has 0 aliphatic carbocycles. The first-order valence-electron chi connectivity index (χ1n) is 8.85. The van der Waals surface area contributed by atoms with E-state index in [2.05, 4.69) is 16.4 Å². The average Bonchev–Trinajstić information content (AvgIpc) is 3.18. The number of aryl methyl sites for hydroxylation is 1. The number of hydrogen-bond donors (Lipinski definition) is 1. The molecule has 1 amide bonds. The van der Waals surface area contributed by atoms with Gasteiger partial charge in [0.1, 0.15) is 11.6 Å². The maximum absolute atomic E-state index is 12.2. The Balaban J connectivity index is 1.58. The Kier molecular flexibility index (Phi) is 5.73. The van der Waals surface area contributed by atoms with Crippen LogP contribution in [0.3, 0.4) is 0 Å². The Bertz CT molecular complexity index is 784. The number of nitrogens with one attached hydrogen (secondary N) is 1. The van der Waals surface area contributed by atoms with Crippen LogP contribution >= 0.6 is 0 Å². The number of imidazole rings is 1. The molecule has 1 fully saturated rings. The van der Waals surface area contributed by atoms with Crippen molar-refractivity contribution in [2.45, 2.75) is 12.5 Å². The van der Waals surface area contributed by atoms with E-state index in [1.165, 1.54) is 0 Å². The lowest BCUT2D eigenvalue weighted by molar-refractivity contribution is -0.127. The van der Waals surface area contributed by atoms with E-state index < -0.39 is 0 Å². The Hall–Kier alpha value is -2.60. The van der Waals surface area contributed by atoms with Gasteiger partial charge < -0.3 is 19.5 Å². The van der Waals surface area contributed by atoms with Crippen molar-refractivity contribution in [2.75, 3.05) is 27.2 Å². The first kappa shape index (κ1) is 18.2. The van der Waals surface area contributed by atoms with Gasteiger partial charge in [0.2, 0.25) is 5.91 Å². The minimum Gasteiger partial charge on any atom is -0.496 e. The average molecular weight is 354 g/mol. The van der Waals surface area contributed by atoms with Gasteiger partial charge >= 0.3 is 0 Å². The van der Waals surface area contributed by atoms with Gasteiger partial charge in [-0.25, -0.2) is 4.98 Å². The third-order valence-electron chi connectivity index (χ3n) is 4.92. The van der Waals surface area contributed by atoms with Crippen molar-refractivity contribution in [3.8, 4) is 5.75 Å². The fourth-order valence-corrected chi connectivity index (χ4v) is 3.52. The molecule has 0 radical (unpaired) electrons. The van der Waals surface area contributed by atoms with Gasteiger partial charge in [0.15, 0.2) is 0 Å². The highest BCUT2D eigenvalue weighted by molar-refractivity contribution is 5.79. The summed E-state index contributed by atoms with van der Waals surface area (Å²) in [5.74, 6) is 2.19. The maximum atomic E-state index is 12.2. The number of aromatic nitrogens is 2. The number of methoxy groups -OCH3 is 1. The molecular weight excluding hydrogens is 328 g/mol. The normalized spacial score (nSPS) is 20.3. The number of carbonyl (C=O) groups is 1. The minimum absolute atomic E-state index is 0.0215. The van der Waals surface area contributed by atoms with Crippen molar-refractivity contribution in [3.05, 3.63) is 54.1 Å². The summed E-state index contributed by atoms with van der Waals surface area (Å²) >= 11 is 0. The van der Waals surface area contributed by atoms with E-state index in [1.54, 1.807) is 13.3 Å². The molecule has 1 aromatic heterocycles. The number of para-hydroxylation sites is 1. The summed E-state index contributed by atoms with van der Waals surface area (Å²) in [5.41, 5.74) is 1.05. The molecule has 1 N–H and O–H groups in total. The number of ether oxygens (including phenoxy) is 1. The Morgan fingerprint density at radius 2 is 2.15 bits per heavy atom. The zero-order chi connectivity index (χ0) is 18.5. The van der Waals surface area contributed by atoms with Crippen LogP contribution in [0.25, 0.3) is 6.08 Å². The summed E-state index contributed by atoms with van der Waals surface area (Å²) in [6.45, 7) is 1.50. The first-order valence-corrected chi connectivity index (χ1v) is 8.85. The lowest BCUT2D eigenvalue weighted by Crippen LogP contribution is -2.31. The van der Waals surface area contributed by atoms with E-state index in [-0.39, 0.29) is 17.9 Å². The van der Waals surface area contributed by atoms with Gasteiger partial charge in [-0.05, 0) is 6.07 Å². The summed E-state index contributed by atoms with van der Waals surface area (Å²) in [6.07, 6.45) is 8.39. The highest BCUT2D eigenvalue weighted by atomic mass is 16.5. The maximum Gasteiger partial charge on any atom is 0.223 e. The highest BCUT2D eigenvalue weighted by Crippen LogP contribution is 2.35. The van der Waals surface area contributed by atoms with Gasteiger partial charge in [0.05, 0.1) is 13.2 Å². The van der Waals surface area contributed by atoms with Crippen LogP contribution < -0.4 is 10.1 Å². The molecule has 0 bridgehead atoms. The zero-order valence-corrected chi connectivity index (χ0v) is 15.6. The van der Waals surface area contributed by atoms with E-state index in [0.29, 0.717) is 6.42 Å². The van der Waals surface area contributed by atoms with Gasteiger partial charge in [-0.3, -0.25) is 4.79 Å². The van der Waals surface area contributed by atoms with Crippen molar-refractivity contribution in [3.63, 3.8) is 0 Å². The fourth-order valence-electron chi connectivity index (χ4n) is 3.52. The standard InChI is InChI=1S/C20H26N4O2/c1-23-12-11-22-20(23)19-16(13-18(25)24(19)2)14-21-10-6-8-15-7-4-5-9-17(15)26-3/h4-9,11-12,16,19,21H,10,13-14H2,1-3H3/t16-,19+/m0/s1. The van der Waals surface area contributed by atoms with E-state index in [0.717, 1.165) is 30.2 Å². The molecule has 0 spiro atoms. The third-order valence-corrected chi connectivity index (χ3v) is 4.92. The van der Waals surface area contributed by atoms with Crippen LogP contribution in [0.15, 0.2) is 42.7 Å². The quantitative estimate of drug-likeness (QED) is 0.775. The highest BCUT2D eigenvalue weighted by Gasteiger charge is 2.40. The van der Waals surface area contributed by atoms with E-state index in [4.69, 9.17) is 4.74 Å². The lowest BCUT2D eigenvalue weighted by atomic mass is 9.99. The second kappa shape index (κ2) is 8.19. The van der Waals surface area contributed by atoms with Gasteiger partial charge in [-0.1, -0.05) is 30.4 Å². The molecule has 2 heterocycles. The second-order valence-corrected chi connectivity index (χ2v) is 6.61. The number of benzene rings is 1. The molecule has 2 atom stereocenters. The number of hydrogen-bond acceptors (Lipinski definition) is 4. The molecule has 138 valence electrons. The molecule has 1 aliphatic rings. The van der Waals surface area contributed by atoms with Crippen LogP contribution in [0.5, 0.6) is 5.75 Å². The van der Waals surface area contributed by atoms with E-state index in [1.807, 2.05) is 60.1 Å². The molecule has 1 aromatic carbocycles. The summed E-state index contributed by atoms with van der Waals surface area (Å²) in [5, 5.41) is 3.44. The first-order chi connectivity index (χ1) is 12.6. The Morgan fingerprint density at radius 3 is 2.88 bits per heavy atom. The summed E-state index contributed by atoms with van der Waals surface area (Å²) < 4.78 is 7.34. The molecule has 26 heavy (non-hydrogen) atoms. The molecular formula is C20H26N4O2. The van der Waals surface area contributed by atoms with Crippen molar-refractivity contribution >= 4 is 12.0 Å². The van der Waals surface area contributed by atoms with Gasteiger partial charge in [-0.2, -0.15) is 0 Å². The van der Waals surface area contributed by atoms with Crippen molar-refractivity contribution in [1.29, 1.82) is 0 Å². The number of amides is 1. The summed E-state index contributed by atoms with van der Waals surface area (Å²) in [4.78, 5) is 18.4. The predicted octanol–water partition coefficient (Wildman–Crippen LogP) is 2.25. The summed E-state index contributed by atoms with van der Waals surface area (Å²) in [7, 11) is 5.51. The molecule has 0 unspecified atom stereocenters. The fraction of sp³-hybridized carbons (Fsp3) is 0.400. The molecule has 3 rings (SSSR count). The van der Waals surface area contributed by atoms with Gasteiger partial charge in [-0.15, -0.1) is 0 Å². The van der Waals surface area contributed by atoms with Crippen LogP contribution in [-0.4, -0.2) is 47.6 Å². The van der Waals surface area contributed by atoms with Crippen LogP contribution in [0, 0.1) is 5.92 Å². The molecule has 0 saturated carbocycles. The minimum atomic E-state index is 0.0215. The summed E-state index contributed by atoms with van der Waals surface area (Å²) in [6, 6.07) is 7.95. The molecule has 2 aromatic rings. The number of rotatable bonds is 7. The van der Waals surface area contributed by atoms with Crippen molar-refractivity contribution in [1.82, 2.24) is 19.8 Å². The van der Waals surface area contributed by atoms with Crippen LogP contribution in [0.1, 0.15) is 23.9 Å². The molecule has 1 aliphatic heterocycles. The van der Waals surface area contributed by atoms with Crippen LogP contribution in [0.2, 0.25) is 0 Å². The molecule has 1 saturated heterocycles. The molecule has 6 heteroatoms. The zero-order valence-electron chi connectivity index (χ0n) is 15.6. The van der Waals surface area contributed by atoms with Gasteiger partial charge in [0.25, 0.3) is 0 Å². The third kappa shape index (κ3) is 3.80. The van der Waals surface area contributed by atoms with Crippen LogP contribution in [0.4, 0.5) is 0 Å². The number of likely N-dealkylation sites (tertiary alicyclic amines) is 1. The van der Waals surface area contributed by atoms with E-state index >= 15 is 0 Å². The van der Waals surface area contributed by atoms with E-state index in [9.17, 15) is 4.79 Å². The second-order valence-electron chi connectivity index (χ2n) is 6.61. The van der Waals surface area contributed by atoms with Crippen molar-refractivity contribution < 1.29 is 9.53 Å². The number of carbonyl (C=O) groups excluding carboxylic acids is 1. The number of nitrogens with zero attached hydrogens (tertiary/aromatic N) is 3.